The van der Waals surface area contributed by atoms with E-state index in [-0.39, 0.29) is 34.7 Å². The number of aliphatic hydroxyl groups is 2. The number of carbonyl (C=O) groups is 2. The lowest BCUT2D eigenvalue weighted by molar-refractivity contribution is -0.143. The number of Topliss-reactive ketones (excluding diaryl/α,β-unsaturated/α-hetero) is 1. The third-order valence-electron chi connectivity index (χ3n) is 8.38. The molecule has 3 saturated carbocycles. The summed E-state index contributed by atoms with van der Waals surface area (Å²) in [5.41, 5.74) is 2.23. The average Bonchev–Trinajstić information content (AvgIpc) is 2.80. The predicted molar refractivity (Wildman–Crippen MR) is 103 cm³/mol. The minimum Gasteiger partial charge on any atom is -0.393 e. The Balaban J connectivity index is 1.79. The highest BCUT2D eigenvalue weighted by molar-refractivity contribution is 5.91. The van der Waals surface area contributed by atoms with Crippen LogP contribution >= 0.6 is 0 Å². The van der Waals surface area contributed by atoms with Crippen molar-refractivity contribution in [3.63, 3.8) is 0 Å². The van der Waals surface area contributed by atoms with E-state index in [4.69, 9.17) is 0 Å². The highest BCUT2D eigenvalue weighted by Crippen LogP contribution is 2.68. The van der Waals surface area contributed by atoms with Crippen LogP contribution in [0, 0.1) is 34.5 Å². The van der Waals surface area contributed by atoms with E-state index in [1.54, 1.807) is 0 Å². The standard InChI is InChI=1S/C23H30O4/c1-12-13(2)20(18(27)11-24)23(4)10-17(26)21-16(19(12)23)6-5-14-9-15(25)7-8-22(14,21)3/h9,16-17,19-21,24,26H,1-2,5-8,10-11H2,3-4H3/t16-,17?,19-,20+,21+,22-,23-/m0/s1. The molecular weight excluding hydrogens is 340 g/mol. The molecule has 7 atom stereocenters. The number of hydrogen-bond donors (Lipinski definition) is 2. The molecule has 146 valence electrons. The largest absolute Gasteiger partial charge is 0.393 e. The fourth-order valence-corrected chi connectivity index (χ4v) is 7.36. The summed E-state index contributed by atoms with van der Waals surface area (Å²) in [4.78, 5) is 24.5. The zero-order chi connectivity index (χ0) is 19.7. The third-order valence-corrected chi connectivity index (χ3v) is 8.38. The Morgan fingerprint density at radius 2 is 1.96 bits per heavy atom. The van der Waals surface area contributed by atoms with Crippen LogP contribution in [0.15, 0.2) is 36.0 Å². The minimum absolute atomic E-state index is 0.0659. The molecule has 1 unspecified atom stereocenters. The molecule has 4 aliphatic carbocycles. The van der Waals surface area contributed by atoms with E-state index in [0.29, 0.717) is 12.8 Å². The van der Waals surface area contributed by atoms with Crippen LogP contribution in [0.3, 0.4) is 0 Å². The van der Waals surface area contributed by atoms with E-state index in [2.05, 4.69) is 27.0 Å². The normalized spacial score (nSPS) is 46.4. The molecule has 0 saturated heterocycles. The van der Waals surface area contributed by atoms with E-state index >= 15 is 0 Å². The first-order valence-corrected chi connectivity index (χ1v) is 10.1. The topological polar surface area (TPSA) is 74.6 Å². The summed E-state index contributed by atoms with van der Waals surface area (Å²) in [6.45, 7) is 12.2. The Morgan fingerprint density at radius 3 is 2.63 bits per heavy atom. The Kier molecular flexibility index (Phi) is 4.17. The number of allylic oxidation sites excluding steroid dienone is 3. The molecule has 0 aromatic heterocycles. The molecule has 27 heavy (non-hydrogen) atoms. The van der Waals surface area contributed by atoms with Gasteiger partial charge in [-0.15, -0.1) is 0 Å². The lowest BCUT2D eigenvalue weighted by atomic mass is 9.45. The molecule has 0 heterocycles. The van der Waals surface area contributed by atoms with Gasteiger partial charge in [-0.3, -0.25) is 9.59 Å². The number of carbonyl (C=O) groups excluding carboxylic acids is 2. The molecule has 4 rings (SSSR count). The van der Waals surface area contributed by atoms with Crippen molar-refractivity contribution in [3.05, 3.63) is 36.0 Å². The van der Waals surface area contributed by atoms with Crippen LogP contribution in [-0.4, -0.2) is 34.5 Å². The quantitative estimate of drug-likeness (QED) is 0.784. The first-order valence-electron chi connectivity index (χ1n) is 10.1. The van der Waals surface area contributed by atoms with E-state index in [1.165, 1.54) is 5.57 Å². The van der Waals surface area contributed by atoms with Crippen LogP contribution in [0.25, 0.3) is 0 Å². The van der Waals surface area contributed by atoms with Crippen molar-refractivity contribution in [2.75, 3.05) is 6.61 Å². The van der Waals surface area contributed by atoms with Crippen molar-refractivity contribution >= 4 is 11.6 Å². The van der Waals surface area contributed by atoms with Gasteiger partial charge in [0, 0.05) is 6.42 Å². The Bertz CT molecular complexity index is 777. The molecule has 3 fully saturated rings. The maximum absolute atomic E-state index is 12.5. The Morgan fingerprint density at radius 1 is 1.26 bits per heavy atom. The van der Waals surface area contributed by atoms with Gasteiger partial charge in [0.25, 0.3) is 0 Å². The van der Waals surface area contributed by atoms with Gasteiger partial charge in [-0.05, 0) is 71.5 Å². The molecule has 0 aromatic carbocycles. The van der Waals surface area contributed by atoms with Gasteiger partial charge in [-0.2, -0.15) is 0 Å². The summed E-state index contributed by atoms with van der Waals surface area (Å²) in [6, 6.07) is 0. The van der Waals surface area contributed by atoms with Crippen molar-refractivity contribution in [1.29, 1.82) is 0 Å². The summed E-state index contributed by atoms with van der Waals surface area (Å²) in [6.07, 6.45) is 4.86. The van der Waals surface area contributed by atoms with E-state index < -0.39 is 24.0 Å². The molecule has 0 radical (unpaired) electrons. The van der Waals surface area contributed by atoms with Crippen LogP contribution in [0.1, 0.15) is 46.0 Å². The average molecular weight is 370 g/mol. The van der Waals surface area contributed by atoms with E-state index in [1.807, 2.05) is 6.08 Å². The van der Waals surface area contributed by atoms with Gasteiger partial charge in [-0.25, -0.2) is 0 Å². The fraction of sp³-hybridized carbons (Fsp3) is 0.652. The molecule has 0 aliphatic heterocycles. The number of ketones is 2. The molecule has 0 aromatic rings. The second kappa shape index (κ2) is 5.99. The van der Waals surface area contributed by atoms with Crippen molar-refractivity contribution in [2.45, 2.75) is 52.1 Å². The van der Waals surface area contributed by atoms with Gasteiger partial charge in [-0.1, -0.05) is 32.6 Å². The molecule has 0 amide bonds. The maximum atomic E-state index is 12.5. The highest BCUT2D eigenvalue weighted by Gasteiger charge is 2.64. The second-order valence-corrected chi connectivity index (χ2v) is 9.64. The van der Waals surface area contributed by atoms with Crippen LogP contribution in [-0.2, 0) is 9.59 Å². The summed E-state index contributed by atoms with van der Waals surface area (Å²) in [7, 11) is 0. The molecule has 4 heteroatoms. The number of rotatable bonds is 2. The van der Waals surface area contributed by atoms with Crippen LogP contribution in [0.2, 0.25) is 0 Å². The third kappa shape index (κ3) is 2.35. The zero-order valence-electron chi connectivity index (χ0n) is 16.3. The van der Waals surface area contributed by atoms with Crippen LogP contribution in [0.5, 0.6) is 0 Å². The van der Waals surface area contributed by atoms with Crippen molar-refractivity contribution < 1.29 is 19.8 Å². The minimum atomic E-state index is -0.536. The summed E-state index contributed by atoms with van der Waals surface area (Å²) >= 11 is 0. The molecule has 0 bridgehead atoms. The fourth-order valence-electron chi connectivity index (χ4n) is 7.36. The van der Waals surface area contributed by atoms with Crippen LogP contribution in [0.4, 0.5) is 0 Å². The van der Waals surface area contributed by atoms with E-state index in [9.17, 15) is 19.8 Å². The second-order valence-electron chi connectivity index (χ2n) is 9.64. The Hall–Kier alpha value is -1.52. The SMILES string of the molecule is C=C1C(=C)[C@H]2[C@@H]3CCC4=CC(=O)CC[C@]4(C)[C@H]3C(O)C[C@]2(C)[C@H]1C(=O)CO. The van der Waals surface area contributed by atoms with Gasteiger partial charge in [0.15, 0.2) is 11.6 Å². The summed E-state index contributed by atoms with van der Waals surface area (Å²) < 4.78 is 0. The first-order chi connectivity index (χ1) is 12.6. The highest BCUT2D eigenvalue weighted by atomic mass is 16.3. The summed E-state index contributed by atoms with van der Waals surface area (Å²) in [5, 5.41) is 20.8. The van der Waals surface area contributed by atoms with Crippen molar-refractivity contribution in [1.82, 2.24) is 0 Å². The molecule has 0 spiro atoms. The van der Waals surface area contributed by atoms with Crippen LogP contribution < -0.4 is 0 Å². The van der Waals surface area contributed by atoms with Gasteiger partial charge < -0.3 is 10.2 Å². The zero-order valence-corrected chi connectivity index (χ0v) is 16.3. The van der Waals surface area contributed by atoms with Gasteiger partial charge >= 0.3 is 0 Å². The number of hydrogen-bond acceptors (Lipinski definition) is 4. The predicted octanol–water partition coefficient (Wildman–Crippen LogP) is 3.00. The summed E-state index contributed by atoms with van der Waals surface area (Å²) in [5.74, 6) is -0.111. The van der Waals surface area contributed by atoms with Crippen molar-refractivity contribution in [2.24, 2.45) is 34.5 Å². The Labute approximate surface area is 161 Å². The number of aliphatic hydroxyl groups excluding tert-OH is 2. The molecule has 4 nitrogen and oxygen atoms in total. The molecule has 2 N–H and O–H groups in total. The van der Waals surface area contributed by atoms with E-state index in [0.717, 1.165) is 30.4 Å². The monoisotopic (exact) mass is 370 g/mol. The smallest absolute Gasteiger partial charge is 0.166 e. The number of fused-ring (bicyclic) bond motifs is 5. The molecule has 4 aliphatic rings. The van der Waals surface area contributed by atoms with Gasteiger partial charge in [0.1, 0.15) is 6.61 Å². The first kappa shape index (κ1) is 18.8. The molecular formula is C23H30O4. The van der Waals surface area contributed by atoms with Gasteiger partial charge in [0.2, 0.25) is 0 Å². The van der Waals surface area contributed by atoms with Gasteiger partial charge in [0.05, 0.1) is 12.0 Å². The van der Waals surface area contributed by atoms with Crippen molar-refractivity contribution in [3.8, 4) is 0 Å². The lowest BCUT2D eigenvalue weighted by Gasteiger charge is -2.59. The lowest BCUT2D eigenvalue weighted by Crippen LogP contribution is -2.57. The maximum Gasteiger partial charge on any atom is 0.166 e.